The number of carbonyl (C=O) groups excluding carboxylic acids is 2. The molecule has 1 amide bonds. The fraction of sp³-hybridized carbons (Fsp3) is 0.286. The van der Waals surface area contributed by atoms with Crippen LogP contribution >= 0.6 is 0 Å². The van der Waals surface area contributed by atoms with Crippen molar-refractivity contribution in [2.24, 2.45) is 0 Å². The van der Waals surface area contributed by atoms with Gasteiger partial charge in [0.15, 0.2) is 5.58 Å². The number of aliphatic hydroxyl groups excluding tert-OH is 1. The third-order valence-electron chi connectivity index (χ3n) is 4.24. The Balaban J connectivity index is 1.36. The van der Waals surface area contributed by atoms with Crippen LogP contribution in [0.15, 0.2) is 59.0 Å². The van der Waals surface area contributed by atoms with Crippen molar-refractivity contribution >= 4 is 22.8 Å². The second-order valence-corrected chi connectivity index (χ2v) is 6.36. The molecule has 0 aliphatic carbocycles. The number of oxazole rings is 1. The third kappa shape index (κ3) is 5.24. The highest BCUT2D eigenvalue weighted by molar-refractivity contribution is 5.94. The maximum Gasteiger partial charge on any atom is 0.264 e. The van der Waals surface area contributed by atoms with Gasteiger partial charge in [-0.05, 0) is 30.5 Å². The topological polar surface area (TPSA) is 92.4 Å². The largest absolute Gasteiger partial charge is 0.434 e. The molecule has 140 valence electrons. The molecule has 0 saturated carbocycles. The van der Waals surface area contributed by atoms with Crippen molar-refractivity contribution in [3.63, 3.8) is 0 Å². The van der Waals surface area contributed by atoms with Crippen molar-refractivity contribution < 1.29 is 19.1 Å². The first kappa shape index (κ1) is 18.8. The van der Waals surface area contributed by atoms with Crippen molar-refractivity contribution in [2.75, 3.05) is 6.54 Å². The summed E-state index contributed by atoms with van der Waals surface area (Å²) in [5.41, 5.74) is 2.17. The van der Waals surface area contributed by atoms with E-state index in [4.69, 9.17) is 4.42 Å². The molecule has 0 spiro atoms. The van der Waals surface area contributed by atoms with Gasteiger partial charge < -0.3 is 14.8 Å². The quantitative estimate of drug-likeness (QED) is 0.449. The van der Waals surface area contributed by atoms with Crippen molar-refractivity contribution in [3.05, 3.63) is 66.1 Å². The zero-order valence-corrected chi connectivity index (χ0v) is 14.9. The number of nitrogens with zero attached hydrogens (tertiary/aromatic N) is 1. The van der Waals surface area contributed by atoms with Crippen LogP contribution in [0.3, 0.4) is 0 Å². The fourth-order valence-corrected chi connectivity index (χ4v) is 2.77. The first-order chi connectivity index (χ1) is 13.1. The monoisotopic (exact) mass is 366 g/mol. The van der Waals surface area contributed by atoms with Gasteiger partial charge in [-0.1, -0.05) is 42.5 Å². The number of carbonyl (C=O) groups is 2. The number of hydrogen-bond acceptors (Lipinski definition) is 5. The number of ketones is 1. The predicted molar refractivity (Wildman–Crippen MR) is 101 cm³/mol. The predicted octanol–water partition coefficient (Wildman–Crippen LogP) is 2.90. The van der Waals surface area contributed by atoms with E-state index in [1.165, 1.54) is 0 Å². The number of rotatable bonds is 9. The first-order valence-corrected chi connectivity index (χ1v) is 9.02. The number of fused-ring (bicyclic) bond motifs is 1. The van der Waals surface area contributed by atoms with Crippen LogP contribution in [0.2, 0.25) is 0 Å². The van der Waals surface area contributed by atoms with Gasteiger partial charge in [-0.25, -0.2) is 4.98 Å². The summed E-state index contributed by atoms with van der Waals surface area (Å²) < 4.78 is 5.45. The number of Topliss-reactive ketones (excluding diaryl/α,β-unsaturated/α-hetero) is 1. The molecule has 3 aromatic rings. The molecule has 0 saturated heterocycles. The molecule has 0 radical (unpaired) electrons. The molecule has 1 atom stereocenters. The average molecular weight is 366 g/mol. The number of aromatic nitrogens is 1. The number of aliphatic hydroxyl groups is 1. The Morgan fingerprint density at radius 3 is 2.56 bits per heavy atom. The molecule has 6 heteroatoms. The fourth-order valence-electron chi connectivity index (χ4n) is 2.77. The van der Waals surface area contributed by atoms with Crippen molar-refractivity contribution in [1.29, 1.82) is 0 Å². The maximum atomic E-state index is 12.1. The third-order valence-corrected chi connectivity index (χ3v) is 4.24. The highest BCUT2D eigenvalue weighted by Gasteiger charge is 2.16. The standard InChI is InChI=1S/C21H22N2O4/c24-17(21-23-16-10-4-5-12-19(16)27-21)11-6-7-13-22-20(26)18(25)14-15-8-2-1-3-9-15/h1-5,8-10,12,18,25H,6-7,11,13-14H2,(H,22,26)/t18-/m0/s1. The van der Waals surface area contributed by atoms with Gasteiger partial charge in [0.05, 0.1) is 0 Å². The molecule has 1 aromatic heterocycles. The van der Waals surface area contributed by atoms with E-state index < -0.39 is 12.0 Å². The summed E-state index contributed by atoms with van der Waals surface area (Å²) in [4.78, 5) is 28.2. The van der Waals surface area contributed by atoms with Gasteiger partial charge in [0.25, 0.3) is 5.89 Å². The second kappa shape index (κ2) is 9.09. The van der Waals surface area contributed by atoms with Crippen LogP contribution in [0.1, 0.15) is 35.5 Å². The van der Waals surface area contributed by atoms with Gasteiger partial charge >= 0.3 is 0 Å². The lowest BCUT2D eigenvalue weighted by molar-refractivity contribution is -0.129. The van der Waals surface area contributed by atoms with Crippen LogP contribution < -0.4 is 5.32 Å². The summed E-state index contributed by atoms with van der Waals surface area (Å²) in [5.74, 6) is -0.427. The van der Waals surface area contributed by atoms with Gasteiger partial charge in [0.2, 0.25) is 11.7 Å². The van der Waals surface area contributed by atoms with E-state index in [1.54, 1.807) is 12.1 Å². The summed E-state index contributed by atoms with van der Waals surface area (Å²) in [5, 5.41) is 12.6. The molecular weight excluding hydrogens is 344 g/mol. The molecule has 0 aliphatic heterocycles. The Morgan fingerprint density at radius 1 is 1.04 bits per heavy atom. The van der Waals surface area contributed by atoms with Crippen LogP contribution in [-0.2, 0) is 11.2 Å². The lowest BCUT2D eigenvalue weighted by Gasteiger charge is -2.11. The molecule has 6 nitrogen and oxygen atoms in total. The Bertz CT molecular complexity index is 872. The Hall–Kier alpha value is -2.99. The van der Waals surface area contributed by atoms with Crippen LogP contribution in [0.5, 0.6) is 0 Å². The number of benzene rings is 2. The molecule has 27 heavy (non-hydrogen) atoms. The van der Waals surface area contributed by atoms with E-state index in [9.17, 15) is 14.7 Å². The number of hydrogen-bond donors (Lipinski definition) is 2. The van der Waals surface area contributed by atoms with Crippen LogP contribution in [-0.4, -0.2) is 34.4 Å². The molecule has 1 heterocycles. The second-order valence-electron chi connectivity index (χ2n) is 6.36. The number of amides is 1. The molecule has 2 N–H and O–H groups in total. The molecule has 2 aromatic carbocycles. The summed E-state index contributed by atoms with van der Waals surface area (Å²) in [6, 6.07) is 16.6. The lowest BCUT2D eigenvalue weighted by atomic mass is 10.1. The molecular formula is C21H22N2O4. The lowest BCUT2D eigenvalue weighted by Crippen LogP contribution is -2.36. The maximum absolute atomic E-state index is 12.1. The number of unbranched alkanes of at least 4 members (excludes halogenated alkanes) is 1. The molecule has 0 bridgehead atoms. The highest BCUT2D eigenvalue weighted by atomic mass is 16.4. The van der Waals surface area contributed by atoms with E-state index in [0.717, 1.165) is 5.56 Å². The van der Waals surface area contributed by atoms with E-state index in [-0.39, 0.29) is 18.1 Å². The van der Waals surface area contributed by atoms with Gasteiger partial charge in [-0.3, -0.25) is 9.59 Å². The zero-order valence-electron chi connectivity index (χ0n) is 14.9. The van der Waals surface area contributed by atoms with E-state index >= 15 is 0 Å². The van der Waals surface area contributed by atoms with E-state index in [0.29, 0.717) is 36.9 Å². The van der Waals surface area contributed by atoms with Gasteiger partial charge in [-0.2, -0.15) is 0 Å². The minimum absolute atomic E-state index is 0.124. The van der Waals surface area contributed by atoms with Crippen LogP contribution in [0.25, 0.3) is 11.1 Å². The van der Waals surface area contributed by atoms with E-state index in [1.807, 2.05) is 42.5 Å². The highest BCUT2D eigenvalue weighted by Crippen LogP contribution is 2.16. The van der Waals surface area contributed by atoms with Gasteiger partial charge in [0, 0.05) is 19.4 Å². The number of nitrogens with one attached hydrogen (secondary N) is 1. The van der Waals surface area contributed by atoms with Crippen molar-refractivity contribution in [1.82, 2.24) is 10.3 Å². The molecule has 3 rings (SSSR count). The Kier molecular flexibility index (Phi) is 6.33. The normalized spacial score (nSPS) is 12.0. The SMILES string of the molecule is O=C(CCCCNC(=O)[C@@H](O)Cc1ccccc1)c1nc2ccccc2o1. The van der Waals surface area contributed by atoms with Crippen molar-refractivity contribution in [2.45, 2.75) is 31.8 Å². The summed E-state index contributed by atoms with van der Waals surface area (Å²) in [6.45, 7) is 0.408. The van der Waals surface area contributed by atoms with E-state index in [2.05, 4.69) is 10.3 Å². The average Bonchev–Trinajstić information content (AvgIpc) is 3.12. The molecule has 0 fully saturated rings. The van der Waals surface area contributed by atoms with Crippen molar-refractivity contribution in [3.8, 4) is 0 Å². The van der Waals surface area contributed by atoms with Gasteiger partial charge in [0.1, 0.15) is 11.6 Å². The number of para-hydroxylation sites is 2. The minimum atomic E-state index is -1.08. The van der Waals surface area contributed by atoms with Crippen LogP contribution in [0.4, 0.5) is 0 Å². The van der Waals surface area contributed by atoms with Gasteiger partial charge in [-0.15, -0.1) is 0 Å². The first-order valence-electron chi connectivity index (χ1n) is 9.02. The summed E-state index contributed by atoms with van der Waals surface area (Å²) >= 11 is 0. The Labute approximate surface area is 157 Å². The molecule has 0 aliphatic rings. The Morgan fingerprint density at radius 2 is 1.78 bits per heavy atom. The summed E-state index contributed by atoms with van der Waals surface area (Å²) in [6.07, 6.45) is 0.745. The van der Waals surface area contributed by atoms with Crippen LogP contribution in [0, 0.1) is 0 Å². The minimum Gasteiger partial charge on any atom is -0.434 e. The molecule has 0 unspecified atom stereocenters. The smallest absolute Gasteiger partial charge is 0.264 e. The summed E-state index contributed by atoms with van der Waals surface area (Å²) in [7, 11) is 0. The zero-order chi connectivity index (χ0) is 19.1.